The molecule has 0 saturated carbocycles. The zero-order chi connectivity index (χ0) is 24.9. The normalized spacial score (nSPS) is 11.4. The Morgan fingerprint density at radius 1 is 0.882 bits per heavy atom. The van der Waals surface area contributed by atoms with Gasteiger partial charge in [-0.1, -0.05) is 6.92 Å². The molecule has 0 amide bonds. The first-order valence-corrected chi connectivity index (χ1v) is 11.0. The molecule has 0 fully saturated rings. The molecular formula is C25H29F3N4O2. The number of ether oxygens (including phenoxy) is 2. The molecule has 0 aliphatic carbocycles. The SMILES string of the molecule is CCCOc1ccc(N(C)c2ncc(C(F)(F)F)c(N(C)c3ccc(OC(C)C)cc3)n2)cc1. The molecule has 0 saturated heterocycles. The fourth-order valence-corrected chi connectivity index (χ4v) is 3.23. The van der Waals surface area contributed by atoms with Crippen LogP contribution in [-0.2, 0) is 6.18 Å². The summed E-state index contributed by atoms with van der Waals surface area (Å²) in [4.78, 5) is 11.3. The Bertz CT molecular complexity index is 1070. The van der Waals surface area contributed by atoms with Gasteiger partial charge in [0.15, 0.2) is 5.82 Å². The molecule has 0 unspecified atom stereocenters. The molecule has 0 bridgehead atoms. The Morgan fingerprint density at radius 3 is 1.97 bits per heavy atom. The van der Waals surface area contributed by atoms with Crippen LogP contribution in [0.3, 0.4) is 0 Å². The summed E-state index contributed by atoms with van der Waals surface area (Å²) in [6, 6.07) is 14.0. The van der Waals surface area contributed by atoms with Gasteiger partial charge >= 0.3 is 6.18 Å². The first-order valence-electron chi connectivity index (χ1n) is 11.0. The molecule has 1 aromatic heterocycles. The first-order chi connectivity index (χ1) is 16.1. The van der Waals surface area contributed by atoms with Gasteiger partial charge in [0.25, 0.3) is 0 Å². The second-order valence-electron chi connectivity index (χ2n) is 8.03. The van der Waals surface area contributed by atoms with E-state index < -0.39 is 11.7 Å². The second-order valence-corrected chi connectivity index (χ2v) is 8.03. The molecule has 2 aromatic carbocycles. The van der Waals surface area contributed by atoms with E-state index in [9.17, 15) is 13.2 Å². The second kappa shape index (κ2) is 10.6. The van der Waals surface area contributed by atoms with Gasteiger partial charge in [-0.05, 0) is 68.8 Å². The monoisotopic (exact) mass is 474 g/mol. The zero-order valence-electron chi connectivity index (χ0n) is 19.9. The van der Waals surface area contributed by atoms with Crippen molar-refractivity contribution < 1.29 is 22.6 Å². The van der Waals surface area contributed by atoms with Crippen molar-refractivity contribution in [3.8, 4) is 11.5 Å². The quantitative estimate of drug-likeness (QED) is 0.348. The maximum atomic E-state index is 13.8. The summed E-state index contributed by atoms with van der Waals surface area (Å²) in [7, 11) is 3.24. The van der Waals surface area contributed by atoms with E-state index in [4.69, 9.17) is 9.47 Å². The average molecular weight is 475 g/mol. The van der Waals surface area contributed by atoms with Gasteiger partial charge in [-0.2, -0.15) is 18.2 Å². The lowest BCUT2D eigenvalue weighted by Gasteiger charge is -2.25. The molecule has 34 heavy (non-hydrogen) atoms. The van der Waals surface area contributed by atoms with Crippen molar-refractivity contribution in [2.24, 2.45) is 0 Å². The molecule has 0 aliphatic rings. The highest BCUT2D eigenvalue weighted by Gasteiger charge is 2.37. The predicted molar refractivity (Wildman–Crippen MR) is 128 cm³/mol. The van der Waals surface area contributed by atoms with Gasteiger partial charge in [-0.25, -0.2) is 4.98 Å². The van der Waals surface area contributed by atoms with Gasteiger partial charge < -0.3 is 19.3 Å². The summed E-state index contributed by atoms with van der Waals surface area (Å²) >= 11 is 0. The van der Waals surface area contributed by atoms with Crippen molar-refractivity contribution in [1.29, 1.82) is 0 Å². The van der Waals surface area contributed by atoms with Crippen LogP contribution in [0.1, 0.15) is 32.8 Å². The minimum absolute atomic E-state index is 0.00681. The van der Waals surface area contributed by atoms with Crippen LogP contribution in [0.25, 0.3) is 0 Å². The number of halogens is 3. The minimum Gasteiger partial charge on any atom is -0.494 e. The van der Waals surface area contributed by atoms with Crippen LogP contribution in [0.2, 0.25) is 0 Å². The van der Waals surface area contributed by atoms with E-state index in [1.807, 2.05) is 32.9 Å². The molecule has 0 aliphatic heterocycles. The van der Waals surface area contributed by atoms with Crippen molar-refractivity contribution in [1.82, 2.24) is 9.97 Å². The number of hydrogen-bond acceptors (Lipinski definition) is 6. The third kappa shape index (κ3) is 6.09. The van der Waals surface area contributed by atoms with E-state index >= 15 is 0 Å². The molecule has 9 heteroatoms. The first kappa shape index (κ1) is 25.1. The lowest BCUT2D eigenvalue weighted by Crippen LogP contribution is -2.21. The highest BCUT2D eigenvalue weighted by atomic mass is 19.4. The van der Waals surface area contributed by atoms with Crippen molar-refractivity contribution in [3.05, 3.63) is 60.3 Å². The smallest absolute Gasteiger partial charge is 0.421 e. The van der Waals surface area contributed by atoms with E-state index in [0.717, 1.165) is 18.4 Å². The van der Waals surface area contributed by atoms with Gasteiger partial charge in [0.1, 0.15) is 17.1 Å². The van der Waals surface area contributed by atoms with Gasteiger partial charge in [-0.3, -0.25) is 0 Å². The largest absolute Gasteiger partial charge is 0.494 e. The Labute approximate surface area is 198 Å². The lowest BCUT2D eigenvalue weighted by molar-refractivity contribution is -0.137. The van der Waals surface area contributed by atoms with Crippen LogP contribution in [0.4, 0.5) is 36.3 Å². The van der Waals surface area contributed by atoms with E-state index in [1.165, 1.54) is 4.90 Å². The third-order valence-electron chi connectivity index (χ3n) is 4.97. The number of benzene rings is 2. The molecule has 0 radical (unpaired) electrons. The van der Waals surface area contributed by atoms with E-state index in [-0.39, 0.29) is 17.9 Å². The van der Waals surface area contributed by atoms with E-state index in [0.29, 0.717) is 23.7 Å². The number of rotatable bonds is 9. The Hall–Kier alpha value is -3.49. The summed E-state index contributed by atoms with van der Waals surface area (Å²) < 4.78 is 52.5. The summed E-state index contributed by atoms with van der Waals surface area (Å²) in [5.74, 6) is 1.25. The molecule has 0 N–H and O–H groups in total. The van der Waals surface area contributed by atoms with Crippen molar-refractivity contribution in [3.63, 3.8) is 0 Å². The fourth-order valence-electron chi connectivity index (χ4n) is 3.23. The average Bonchev–Trinajstić information content (AvgIpc) is 2.81. The zero-order valence-corrected chi connectivity index (χ0v) is 19.9. The molecule has 3 aromatic rings. The highest BCUT2D eigenvalue weighted by molar-refractivity contribution is 5.66. The molecule has 0 atom stereocenters. The number of anilines is 4. The van der Waals surface area contributed by atoms with Gasteiger partial charge in [0.05, 0.1) is 12.7 Å². The summed E-state index contributed by atoms with van der Waals surface area (Å²) in [6.07, 6.45) is -2.91. The topological polar surface area (TPSA) is 50.7 Å². The number of alkyl halides is 3. The van der Waals surface area contributed by atoms with Crippen molar-refractivity contribution >= 4 is 23.1 Å². The van der Waals surface area contributed by atoms with E-state index in [1.54, 1.807) is 55.4 Å². The van der Waals surface area contributed by atoms with Gasteiger partial charge in [0.2, 0.25) is 5.95 Å². The summed E-state index contributed by atoms with van der Waals surface area (Å²) in [6.45, 7) is 6.44. The van der Waals surface area contributed by atoms with Crippen LogP contribution in [-0.4, -0.2) is 36.8 Å². The fraction of sp³-hybridized carbons (Fsp3) is 0.360. The number of hydrogen-bond donors (Lipinski definition) is 0. The van der Waals surface area contributed by atoms with Crippen LogP contribution in [0, 0.1) is 0 Å². The standard InChI is InChI=1S/C25H29F3N4O2/c1-6-15-33-20-11-7-19(8-12-20)32(5)24-29-16-22(25(26,27)28)23(30-24)31(4)18-9-13-21(14-10-18)34-17(2)3/h7-14,16-17H,6,15H2,1-5H3. The lowest BCUT2D eigenvalue weighted by atomic mass is 10.2. The number of aromatic nitrogens is 2. The summed E-state index contributed by atoms with van der Waals surface area (Å²) in [5.41, 5.74) is 0.330. The van der Waals surface area contributed by atoms with Gasteiger partial charge in [-0.15, -0.1) is 0 Å². The van der Waals surface area contributed by atoms with Crippen LogP contribution < -0.4 is 19.3 Å². The Balaban J connectivity index is 1.93. The Morgan fingerprint density at radius 2 is 1.44 bits per heavy atom. The minimum atomic E-state index is -4.61. The molecule has 1 heterocycles. The highest BCUT2D eigenvalue weighted by Crippen LogP contribution is 2.38. The van der Waals surface area contributed by atoms with Crippen molar-refractivity contribution in [2.45, 2.75) is 39.5 Å². The summed E-state index contributed by atoms with van der Waals surface area (Å²) in [5, 5.41) is 0. The molecular weight excluding hydrogens is 445 g/mol. The van der Waals surface area contributed by atoms with E-state index in [2.05, 4.69) is 9.97 Å². The van der Waals surface area contributed by atoms with Crippen LogP contribution >= 0.6 is 0 Å². The molecule has 182 valence electrons. The van der Waals surface area contributed by atoms with Crippen molar-refractivity contribution in [2.75, 3.05) is 30.5 Å². The molecule has 3 rings (SSSR count). The Kier molecular flexibility index (Phi) is 7.86. The van der Waals surface area contributed by atoms with Gasteiger partial charge in [0, 0.05) is 31.7 Å². The maximum absolute atomic E-state index is 13.8. The maximum Gasteiger partial charge on any atom is 0.421 e. The predicted octanol–water partition coefficient (Wildman–Crippen LogP) is 6.61. The molecule has 6 nitrogen and oxygen atoms in total. The van der Waals surface area contributed by atoms with Crippen LogP contribution in [0.15, 0.2) is 54.7 Å². The molecule has 0 spiro atoms. The number of nitrogens with zero attached hydrogens (tertiary/aromatic N) is 4. The third-order valence-corrected chi connectivity index (χ3v) is 4.97. The van der Waals surface area contributed by atoms with Crippen LogP contribution in [0.5, 0.6) is 11.5 Å².